The lowest BCUT2D eigenvalue weighted by molar-refractivity contribution is 0.461. The largest absolute Gasteiger partial charge is 0.351 e. The first-order valence-corrected chi connectivity index (χ1v) is 8.78. The van der Waals surface area contributed by atoms with Gasteiger partial charge in [0, 0.05) is 24.0 Å². The third-order valence-electron chi connectivity index (χ3n) is 5.03. The molecule has 4 nitrogen and oxygen atoms in total. The molecular formula is C19H24N4. The van der Waals surface area contributed by atoms with Gasteiger partial charge in [0.25, 0.3) is 0 Å². The van der Waals surface area contributed by atoms with Gasteiger partial charge in [0.15, 0.2) is 0 Å². The van der Waals surface area contributed by atoms with Crippen LogP contribution in [0.3, 0.4) is 0 Å². The highest BCUT2D eigenvalue weighted by Crippen LogP contribution is 2.37. The van der Waals surface area contributed by atoms with E-state index in [4.69, 9.17) is 4.98 Å². The molecule has 0 bridgehead atoms. The van der Waals surface area contributed by atoms with Gasteiger partial charge in [-0.15, -0.1) is 0 Å². The number of hydrogen-bond donors (Lipinski definition) is 1. The van der Waals surface area contributed by atoms with E-state index in [9.17, 15) is 0 Å². The zero-order valence-corrected chi connectivity index (χ0v) is 13.7. The van der Waals surface area contributed by atoms with E-state index < -0.39 is 0 Å². The average molecular weight is 308 g/mol. The van der Waals surface area contributed by atoms with Crippen molar-refractivity contribution in [2.75, 3.05) is 10.2 Å². The number of anilines is 3. The van der Waals surface area contributed by atoms with Crippen LogP contribution in [0.25, 0.3) is 0 Å². The Kier molecular flexibility index (Phi) is 3.90. The van der Waals surface area contributed by atoms with E-state index in [1.807, 2.05) is 12.3 Å². The Bertz CT molecular complexity index is 679. The monoisotopic (exact) mass is 308 g/mol. The molecule has 1 fully saturated rings. The molecule has 0 saturated heterocycles. The van der Waals surface area contributed by atoms with Crippen LogP contribution in [0.2, 0.25) is 0 Å². The Hall–Kier alpha value is -2.10. The van der Waals surface area contributed by atoms with Crippen LogP contribution >= 0.6 is 0 Å². The van der Waals surface area contributed by atoms with Gasteiger partial charge >= 0.3 is 0 Å². The van der Waals surface area contributed by atoms with Crippen molar-refractivity contribution >= 4 is 17.5 Å². The molecule has 2 heterocycles. The van der Waals surface area contributed by atoms with Gasteiger partial charge in [-0.1, -0.05) is 37.5 Å². The number of nitrogens with one attached hydrogen (secondary N) is 1. The molecule has 1 aromatic carbocycles. The normalized spacial score (nSPS) is 21.3. The molecule has 2 aliphatic rings. The fraction of sp³-hybridized carbons (Fsp3) is 0.474. The van der Waals surface area contributed by atoms with Crippen LogP contribution in [-0.4, -0.2) is 22.1 Å². The topological polar surface area (TPSA) is 41.1 Å². The highest BCUT2D eigenvalue weighted by molar-refractivity contribution is 5.69. The number of fused-ring (bicyclic) bond motifs is 1. The molecule has 1 aliphatic carbocycles. The van der Waals surface area contributed by atoms with E-state index in [2.05, 4.69) is 46.4 Å². The maximum absolute atomic E-state index is 4.80. The summed E-state index contributed by atoms with van der Waals surface area (Å²) in [6.45, 7) is 2.26. The van der Waals surface area contributed by atoms with Gasteiger partial charge in [-0.2, -0.15) is 4.98 Å². The molecule has 1 unspecified atom stereocenters. The zero-order valence-electron chi connectivity index (χ0n) is 13.7. The molecule has 0 radical (unpaired) electrons. The van der Waals surface area contributed by atoms with Gasteiger partial charge in [0.2, 0.25) is 5.95 Å². The van der Waals surface area contributed by atoms with Crippen molar-refractivity contribution in [1.29, 1.82) is 0 Å². The summed E-state index contributed by atoms with van der Waals surface area (Å²) in [6, 6.07) is 11.6. The van der Waals surface area contributed by atoms with Gasteiger partial charge in [0.1, 0.15) is 5.82 Å². The summed E-state index contributed by atoms with van der Waals surface area (Å²) >= 11 is 0. The van der Waals surface area contributed by atoms with Crippen LogP contribution in [0.5, 0.6) is 0 Å². The van der Waals surface area contributed by atoms with Crippen LogP contribution in [0.1, 0.15) is 44.6 Å². The third-order valence-corrected chi connectivity index (χ3v) is 5.03. The lowest BCUT2D eigenvalue weighted by Gasteiger charge is -2.26. The van der Waals surface area contributed by atoms with Gasteiger partial charge < -0.3 is 10.2 Å². The zero-order chi connectivity index (χ0) is 15.6. The minimum absolute atomic E-state index is 0.435. The highest BCUT2D eigenvalue weighted by Gasteiger charge is 2.28. The molecule has 1 N–H and O–H groups in total. The average Bonchev–Trinajstić information content (AvgIpc) is 2.92. The summed E-state index contributed by atoms with van der Waals surface area (Å²) < 4.78 is 0. The van der Waals surface area contributed by atoms with Gasteiger partial charge in [-0.05, 0) is 43.9 Å². The van der Waals surface area contributed by atoms with Crippen molar-refractivity contribution in [3.8, 4) is 0 Å². The van der Waals surface area contributed by atoms with E-state index in [0.717, 1.165) is 18.2 Å². The van der Waals surface area contributed by atoms with Crippen molar-refractivity contribution in [2.45, 2.75) is 57.5 Å². The summed E-state index contributed by atoms with van der Waals surface area (Å²) in [7, 11) is 0. The second-order valence-corrected chi connectivity index (χ2v) is 6.77. The number of rotatable bonds is 3. The van der Waals surface area contributed by atoms with E-state index >= 15 is 0 Å². The predicted molar refractivity (Wildman–Crippen MR) is 94.3 cm³/mol. The molecule has 1 atom stereocenters. The Labute approximate surface area is 138 Å². The molecule has 2 aromatic rings. The number of hydrogen-bond acceptors (Lipinski definition) is 4. The quantitative estimate of drug-likeness (QED) is 0.917. The Morgan fingerprint density at radius 1 is 1.09 bits per heavy atom. The van der Waals surface area contributed by atoms with Crippen LogP contribution in [-0.2, 0) is 6.42 Å². The molecule has 4 rings (SSSR count). The van der Waals surface area contributed by atoms with Crippen molar-refractivity contribution in [1.82, 2.24) is 9.97 Å². The third kappa shape index (κ3) is 2.90. The molecule has 1 aromatic heterocycles. The molecule has 23 heavy (non-hydrogen) atoms. The minimum atomic E-state index is 0.435. The number of nitrogens with zero attached hydrogens (tertiary/aromatic N) is 3. The minimum Gasteiger partial charge on any atom is -0.351 e. The molecule has 0 amide bonds. The van der Waals surface area contributed by atoms with Crippen molar-refractivity contribution in [2.24, 2.45) is 0 Å². The van der Waals surface area contributed by atoms with Crippen LogP contribution in [0, 0.1) is 0 Å². The van der Waals surface area contributed by atoms with E-state index in [1.165, 1.54) is 43.4 Å². The lowest BCUT2D eigenvalue weighted by Crippen LogP contribution is -2.27. The Balaban J connectivity index is 1.58. The van der Waals surface area contributed by atoms with Crippen LogP contribution in [0.15, 0.2) is 36.5 Å². The summed E-state index contributed by atoms with van der Waals surface area (Å²) in [6.07, 6.45) is 9.41. The number of benzene rings is 1. The van der Waals surface area contributed by atoms with E-state index in [1.54, 1.807) is 0 Å². The molecule has 1 saturated carbocycles. The smallest absolute Gasteiger partial charge is 0.224 e. The van der Waals surface area contributed by atoms with Crippen molar-refractivity contribution < 1.29 is 0 Å². The van der Waals surface area contributed by atoms with E-state index in [-0.39, 0.29) is 0 Å². The molecule has 1 aliphatic heterocycles. The van der Waals surface area contributed by atoms with E-state index in [0.29, 0.717) is 12.1 Å². The maximum Gasteiger partial charge on any atom is 0.224 e. The highest BCUT2D eigenvalue weighted by atomic mass is 15.3. The standard InChI is InChI=1S/C19H24N4/c1-14-13-15-7-5-6-10-17(15)23(14)18-11-12-20-19(22-18)21-16-8-3-2-4-9-16/h5-7,10-12,14,16H,2-4,8-9,13H2,1H3,(H,20,21,22). The first kappa shape index (κ1) is 14.5. The van der Waals surface area contributed by atoms with Crippen LogP contribution in [0.4, 0.5) is 17.5 Å². The molecule has 120 valence electrons. The predicted octanol–water partition coefficient (Wildman–Crippen LogP) is 4.30. The van der Waals surface area contributed by atoms with Gasteiger partial charge in [-0.25, -0.2) is 4.98 Å². The Morgan fingerprint density at radius 2 is 1.91 bits per heavy atom. The number of para-hydroxylation sites is 1. The second-order valence-electron chi connectivity index (χ2n) is 6.77. The molecular weight excluding hydrogens is 284 g/mol. The van der Waals surface area contributed by atoms with Crippen LogP contribution < -0.4 is 10.2 Å². The Morgan fingerprint density at radius 3 is 2.78 bits per heavy atom. The lowest BCUT2D eigenvalue weighted by atomic mass is 9.96. The fourth-order valence-electron chi connectivity index (χ4n) is 3.90. The first-order valence-electron chi connectivity index (χ1n) is 8.78. The summed E-state index contributed by atoms with van der Waals surface area (Å²) in [4.78, 5) is 11.6. The number of aromatic nitrogens is 2. The second kappa shape index (κ2) is 6.19. The van der Waals surface area contributed by atoms with Gasteiger partial charge in [0.05, 0.1) is 0 Å². The first-order chi connectivity index (χ1) is 11.3. The SMILES string of the molecule is CC1Cc2ccccc2N1c1ccnc(NC2CCCCC2)n1. The van der Waals surface area contributed by atoms with Gasteiger partial charge in [-0.3, -0.25) is 0 Å². The van der Waals surface area contributed by atoms with Crippen molar-refractivity contribution in [3.05, 3.63) is 42.1 Å². The fourth-order valence-corrected chi connectivity index (χ4v) is 3.90. The maximum atomic E-state index is 4.80. The summed E-state index contributed by atoms with van der Waals surface area (Å²) in [5, 5.41) is 3.53. The summed E-state index contributed by atoms with van der Waals surface area (Å²) in [5.74, 6) is 1.77. The molecule has 4 heteroatoms. The molecule has 0 spiro atoms. The summed E-state index contributed by atoms with van der Waals surface area (Å²) in [5.41, 5.74) is 2.68. The van der Waals surface area contributed by atoms with Crippen molar-refractivity contribution in [3.63, 3.8) is 0 Å².